The summed E-state index contributed by atoms with van der Waals surface area (Å²) in [4.78, 5) is 21.6. The molecular weight excluding hydrogens is 398 g/mol. The highest BCUT2D eigenvalue weighted by Gasteiger charge is 2.24. The van der Waals surface area contributed by atoms with E-state index in [9.17, 15) is 4.79 Å². The smallest absolute Gasteiger partial charge is 0.257 e. The summed E-state index contributed by atoms with van der Waals surface area (Å²) in [6.45, 7) is 4.33. The predicted octanol–water partition coefficient (Wildman–Crippen LogP) is 4.27. The van der Waals surface area contributed by atoms with Crippen molar-refractivity contribution in [2.45, 2.75) is 13.2 Å². The molecule has 4 rings (SSSR count). The number of amides is 1. The number of ether oxygens (including phenoxy) is 1. The second-order valence-electron chi connectivity index (χ2n) is 7.34. The van der Waals surface area contributed by atoms with Gasteiger partial charge in [-0.25, -0.2) is 0 Å². The van der Waals surface area contributed by atoms with Crippen LogP contribution >= 0.6 is 11.6 Å². The van der Waals surface area contributed by atoms with Crippen molar-refractivity contribution in [1.82, 2.24) is 14.8 Å². The van der Waals surface area contributed by atoms with Gasteiger partial charge in [-0.05, 0) is 41.5 Å². The monoisotopic (exact) mass is 421 g/mol. The molecule has 6 heteroatoms. The van der Waals surface area contributed by atoms with E-state index >= 15 is 0 Å². The standard InChI is InChI=1S/C24H24ClN3O2/c25-21-9-7-19(8-10-21)18-30-23-6-2-1-5-22(23)24(29)28-14-12-27(13-15-28)17-20-4-3-11-26-16-20/h1-11,16H,12-15,17-18H2. The first kappa shape index (κ1) is 20.4. The van der Waals surface area contributed by atoms with E-state index < -0.39 is 0 Å². The average molecular weight is 422 g/mol. The predicted molar refractivity (Wildman–Crippen MR) is 118 cm³/mol. The maximum Gasteiger partial charge on any atom is 0.257 e. The lowest BCUT2D eigenvalue weighted by Gasteiger charge is -2.35. The molecule has 5 nitrogen and oxygen atoms in total. The number of benzene rings is 2. The van der Waals surface area contributed by atoms with Gasteiger partial charge in [0.2, 0.25) is 0 Å². The fraction of sp³-hybridized carbons (Fsp3) is 0.250. The molecule has 3 aromatic rings. The van der Waals surface area contributed by atoms with Crippen molar-refractivity contribution < 1.29 is 9.53 Å². The van der Waals surface area contributed by atoms with Crippen LogP contribution < -0.4 is 4.74 Å². The number of rotatable bonds is 6. The van der Waals surface area contributed by atoms with Crippen LogP contribution in [0.25, 0.3) is 0 Å². The highest BCUT2D eigenvalue weighted by molar-refractivity contribution is 6.30. The fourth-order valence-corrected chi connectivity index (χ4v) is 3.67. The molecule has 2 aromatic carbocycles. The van der Waals surface area contributed by atoms with E-state index in [2.05, 4.69) is 16.0 Å². The molecule has 0 radical (unpaired) electrons. The summed E-state index contributed by atoms with van der Waals surface area (Å²) in [7, 11) is 0. The van der Waals surface area contributed by atoms with Crippen LogP contribution in [0.4, 0.5) is 0 Å². The Morgan fingerprint density at radius 3 is 2.43 bits per heavy atom. The molecular formula is C24H24ClN3O2. The maximum absolute atomic E-state index is 13.1. The molecule has 0 atom stereocenters. The molecule has 1 aromatic heterocycles. The highest BCUT2D eigenvalue weighted by atomic mass is 35.5. The van der Waals surface area contributed by atoms with Crippen LogP contribution in [0.1, 0.15) is 21.5 Å². The van der Waals surface area contributed by atoms with Gasteiger partial charge in [0.25, 0.3) is 5.91 Å². The van der Waals surface area contributed by atoms with E-state index in [4.69, 9.17) is 16.3 Å². The molecule has 1 fully saturated rings. The van der Waals surface area contributed by atoms with Crippen molar-refractivity contribution >= 4 is 17.5 Å². The second kappa shape index (κ2) is 9.74. The van der Waals surface area contributed by atoms with Gasteiger partial charge < -0.3 is 9.64 Å². The second-order valence-corrected chi connectivity index (χ2v) is 7.78. The zero-order chi connectivity index (χ0) is 20.8. The van der Waals surface area contributed by atoms with Gasteiger partial charge in [-0.15, -0.1) is 0 Å². The Labute approximate surface area is 181 Å². The van der Waals surface area contributed by atoms with Crippen LogP contribution in [0.5, 0.6) is 5.75 Å². The van der Waals surface area contributed by atoms with Crippen molar-refractivity contribution in [3.63, 3.8) is 0 Å². The van der Waals surface area contributed by atoms with Crippen molar-refractivity contribution in [2.75, 3.05) is 26.2 Å². The van der Waals surface area contributed by atoms with E-state index in [1.165, 1.54) is 5.56 Å². The largest absolute Gasteiger partial charge is 0.488 e. The zero-order valence-electron chi connectivity index (χ0n) is 16.7. The number of para-hydroxylation sites is 1. The molecule has 1 aliphatic rings. The first-order valence-corrected chi connectivity index (χ1v) is 10.4. The number of aromatic nitrogens is 1. The molecule has 1 aliphatic heterocycles. The van der Waals surface area contributed by atoms with E-state index in [0.717, 1.165) is 25.2 Å². The van der Waals surface area contributed by atoms with Gasteiger partial charge in [0, 0.05) is 50.1 Å². The van der Waals surface area contributed by atoms with Gasteiger partial charge in [0.1, 0.15) is 12.4 Å². The van der Waals surface area contributed by atoms with Crippen LogP contribution in [-0.4, -0.2) is 46.9 Å². The van der Waals surface area contributed by atoms with Gasteiger partial charge in [-0.1, -0.05) is 41.9 Å². The molecule has 0 saturated carbocycles. The van der Waals surface area contributed by atoms with E-state index in [1.54, 1.807) is 6.20 Å². The Bertz CT molecular complexity index is 971. The molecule has 0 spiro atoms. The Balaban J connectivity index is 1.36. The lowest BCUT2D eigenvalue weighted by atomic mass is 10.1. The van der Waals surface area contributed by atoms with Gasteiger partial charge in [0.15, 0.2) is 0 Å². The summed E-state index contributed by atoms with van der Waals surface area (Å²) in [6, 6.07) is 19.0. The summed E-state index contributed by atoms with van der Waals surface area (Å²) in [5, 5.41) is 0.692. The number of hydrogen-bond acceptors (Lipinski definition) is 4. The fourth-order valence-electron chi connectivity index (χ4n) is 3.54. The van der Waals surface area contributed by atoms with Gasteiger partial charge in [0.05, 0.1) is 5.56 Å². The van der Waals surface area contributed by atoms with Crippen molar-refractivity contribution in [3.8, 4) is 5.75 Å². The maximum atomic E-state index is 13.1. The van der Waals surface area contributed by atoms with Crippen LogP contribution in [-0.2, 0) is 13.2 Å². The number of carbonyl (C=O) groups is 1. The minimum Gasteiger partial charge on any atom is -0.488 e. The molecule has 1 amide bonds. The van der Waals surface area contributed by atoms with Crippen molar-refractivity contribution in [2.24, 2.45) is 0 Å². The number of piperazine rings is 1. The third-order valence-electron chi connectivity index (χ3n) is 5.21. The summed E-state index contributed by atoms with van der Waals surface area (Å²) < 4.78 is 5.97. The third kappa shape index (κ3) is 5.17. The molecule has 2 heterocycles. The zero-order valence-corrected chi connectivity index (χ0v) is 17.5. The molecule has 154 valence electrons. The summed E-state index contributed by atoms with van der Waals surface area (Å²) in [5.41, 5.74) is 2.80. The lowest BCUT2D eigenvalue weighted by Crippen LogP contribution is -2.48. The molecule has 0 unspecified atom stereocenters. The molecule has 0 bridgehead atoms. The molecule has 30 heavy (non-hydrogen) atoms. The number of halogens is 1. The van der Waals surface area contributed by atoms with E-state index in [0.29, 0.717) is 36.0 Å². The van der Waals surface area contributed by atoms with Crippen LogP contribution in [0.15, 0.2) is 73.1 Å². The normalized spacial score (nSPS) is 14.5. The van der Waals surface area contributed by atoms with Crippen molar-refractivity contribution in [3.05, 3.63) is 94.8 Å². The van der Waals surface area contributed by atoms with Gasteiger partial charge in [-0.2, -0.15) is 0 Å². The summed E-state index contributed by atoms with van der Waals surface area (Å²) >= 11 is 5.94. The van der Waals surface area contributed by atoms with Gasteiger partial charge in [-0.3, -0.25) is 14.7 Å². The lowest BCUT2D eigenvalue weighted by molar-refractivity contribution is 0.0624. The van der Waals surface area contributed by atoms with E-state index in [-0.39, 0.29) is 5.91 Å². The van der Waals surface area contributed by atoms with Crippen LogP contribution in [0.2, 0.25) is 5.02 Å². The number of pyridine rings is 1. The van der Waals surface area contributed by atoms with Crippen LogP contribution in [0, 0.1) is 0 Å². The number of carbonyl (C=O) groups excluding carboxylic acids is 1. The highest BCUT2D eigenvalue weighted by Crippen LogP contribution is 2.22. The number of hydrogen-bond donors (Lipinski definition) is 0. The van der Waals surface area contributed by atoms with Crippen LogP contribution in [0.3, 0.4) is 0 Å². The Kier molecular flexibility index (Phi) is 6.62. The topological polar surface area (TPSA) is 45.7 Å². The Hall–Kier alpha value is -2.89. The Morgan fingerprint density at radius 1 is 0.933 bits per heavy atom. The first-order valence-electron chi connectivity index (χ1n) is 10.1. The summed E-state index contributed by atoms with van der Waals surface area (Å²) in [6.07, 6.45) is 3.68. The van der Waals surface area contributed by atoms with E-state index in [1.807, 2.05) is 65.7 Å². The van der Waals surface area contributed by atoms with Crippen molar-refractivity contribution in [1.29, 1.82) is 0 Å². The third-order valence-corrected chi connectivity index (χ3v) is 5.47. The quantitative estimate of drug-likeness (QED) is 0.596. The molecule has 1 saturated heterocycles. The Morgan fingerprint density at radius 2 is 1.70 bits per heavy atom. The number of nitrogens with zero attached hydrogens (tertiary/aromatic N) is 3. The molecule has 0 N–H and O–H groups in total. The van der Waals surface area contributed by atoms with Gasteiger partial charge >= 0.3 is 0 Å². The molecule has 0 aliphatic carbocycles. The SMILES string of the molecule is O=C(c1ccccc1OCc1ccc(Cl)cc1)N1CCN(Cc2cccnc2)CC1. The minimum absolute atomic E-state index is 0.0164. The summed E-state index contributed by atoms with van der Waals surface area (Å²) in [5.74, 6) is 0.623. The first-order chi connectivity index (χ1) is 14.7. The average Bonchev–Trinajstić information content (AvgIpc) is 2.80. The minimum atomic E-state index is 0.0164.